The molecular weight excluding hydrogens is 419 g/mol. The van der Waals surface area contributed by atoms with E-state index in [9.17, 15) is 0 Å². The van der Waals surface area contributed by atoms with Gasteiger partial charge in [-0.25, -0.2) is 0 Å². The first-order valence-corrected chi connectivity index (χ1v) is 12.3. The number of benzene rings is 4. The van der Waals surface area contributed by atoms with Crippen LogP contribution in [0.2, 0.25) is 0 Å². The zero-order valence-electron chi connectivity index (χ0n) is 18.3. The molecule has 0 amide bonds. The summed E-state index contributed by atoms with van der Waals surface area (Å²) in [4.78, 5) is 0. The van der Waals surface area contributed by atoms with Crippen LogP contribution in [0.25, 0.3) is 0 Å². The maximum Gasteiger partial charge on any atom is 0.122 e. The van der Waals surface area contributed by atoms with Gasteiger partial charge in [-0.05, 0) is 73.0 Å². The second-order valence-electron chi connectivity index (χ2n) is 7.65. The van der Waals surface area contributed by atoms with Gasteiger partial charge < -0.3 is 17.1 Å². The molecule has 4 rings (SSSR count). The summed E-state index contributed by atoms with van der Waals surface area (Å²) in [5, 5.41) is 4.24. The van der Waals surface area contributed by atoms with E-state index >= 15 is 0 Å². The number of methoxy groups -OCH3 is 1. The van der Waals surface area contributed by atoms with Crippen LogP contribution < -0.4 is 33.1 Å². The molecule has 0 aliphatic rings. The topological polar surface area (TPSA) is 9.23 Å². The fraction of sp³-hybridized carbons (Fsp3) is 0.143. The highest BCUT2D eigenvalue weighted by atomic mass is 35.5. The van der Waals surface area contributed by atoms with Crippen molar-refractivity contribution in [2.45, 2.75) is 20.0 Å². The number of ether oxygens (including phenoxy) is 1. The van der Waals surface area contributed by atoms with E-state index in [1.165, 1.54) is 32.6 Å². The van der Waals surface area contributed by atoms with Crippen molar-refractivity contribution < 1.29 is 17.1 Å². The standard InChI is InChI=1S/C28H28OP.ClH/c1-22-23(2)28(29-3)20-19-24(22)21-30(25-13-7-4-8-14-25,26-15-9-5-10-16-26)27-17-11-6-12-18-27;/h4-20H,21H2,1-3H3;1H/q+1;/p-1. The van der Waals surface area contributed by atoms with Crippen molar-refractivity contribution in [2.75, 3.05) is 7.11 Å². The Kier molecular flexibility index (Phi) is 7.55. The Hall–Kier alpha value is -2.60. The molecule has 31 heavy (non-hydrogen) atoms. The molecule has 0 aromatic heterocycles. The van der Waals surface area contributed by atoms with Crippen LogP contribution in [0.4, 0.5) is 0 Å². The van der Waals surface area contributed by atoms with Gasteiger partial charge >= 0.3 is 0 Å². The number of hydrogen-bond donors (Lipinski definition) is 0. The van der Waals surface area contributed by atoms with Gasteiger partial charge in [0.15, 0.2) is 0 Å². The van der Waals surface area contributed by atoms with Gasteiger partial charge in [0.1, 0.15) is 28.9 Å². The van der Waals surface area contributed by atoms with E-state index in [1.54, 1.807) is 7.11 Å². The van der Waals surface area contributed by atoms with Crippen molar-refractivity contribution in [1.82, 2.24) is 0 Å². The molecule has 0 fully saturated rings. The van der Waals surface area contributed by atoms with Crippen LogP contribution >= 0.6 is 7.26 Å². The Morgan fingerprint density at radius 1 is 0.581 bits per heavy atom. The van der Waals surface area contributed by atoms with Crippen LogP contribution in [0.15, 0.2) is 103 Å². The Balaban J connectivity index is 0.00000272. The number of hydrogen-bond acceptors (Lipinski definition) is 1. The molecule has 0 saturated carbocycles. The van der Waals surface area contributed by atoms with Gasteiger partial charge in [-0.1, -0.05) is 60.7 Å². The maximum atomic E-state index is 5.57. The van der Waals surface area contributed by atoms with Gasteiger partial charge in [-0.15, -0.1) is 0 Å². The first-order chi connectivity index (χ1) is 14.7. The Bertz CT molecular complexity index is 1020. The van der Waals surface area contributed by atoms with Crippen molar-refractivity contribution in [3.8, 4) is 5.75 Å². The van der Waals surface area contributed by atoms with E-state index in [0.717, 1.165) is 11.9 Å². The molecule has 3 heteroatoms. The molecule has 158 valence electrons. The Morgan fingerprint density at radius 2 is 1.00 bits per heavy atom. The molecule has 4 aromatic carbocycles. The summed E-state index contributed by atoms with van der Waals surface area (Å²) < 4.78 is 5.57. The molecule has 0 aliphatic heterocycles. The fourth-order valence-corrected chi connectivity index (χ4v) is 8.61. The number of rotatable bonds is 6. The van der Waals surface area contributed by atoms with Crippen LogP contribution in [0.5, 0.6) is 5.75 Å². The normalized spacial score (nSPS) is 10.9. The lowest BCUT2D eigenvalue weighted by Gasteiger charge is -2.28. The fourth-order valence-electron chi connectivity index (χ4n) is 4.27. The third kappa shape index (κ3) is 4.40. The lowest BCUT2D eigenvalue weighted by Crippen LogP contribution is -3.00. The zero-order valence-corrected chi connectivity index (χ0v) is 19.9. The van der Waals surface area contributed by atoms with Crippen molar-refractivity contribution in [1.29, 1.82) is 0 Å². The molecule has 0 N–H and O–H groups in total. The van der Waals surface area contributed by atoms with E-state index < -0.39 is 7.26 Å². The zero-order chi connectivity index (χ0) is 21.0. The lowest BCUT2D eigenvalue weighted by molar-refractivity contribution is -0.00000628. The first-order valence-electron chi connectivity index (χ1n) is 10.3. The summed E-state index contributed by atoms with van der Waals surface area (Å²) >= 11 is 0. The van der Waals surface area contributed by atoms with E-state index in [2.05, 4.69) is 117 Å². The van der Waals surface area contributed by atoms with Crippen molar-refractivity contribution in [3.63, 3.8) is 0 Å². The molecule has 0 radical (unpaired) electrons. The molecule has 0 heterocycles. The molecule has 1 nitrogen and oxygen atoms in total. The molecule has 0 aliphatic carbocycles. The summed E-state index contributed by atoms with van der Waals surface area (Å²) in [6, 6.07) is 37.5. The van der Waals surface area contributed by atoms with Crippen LogP contribution in [0.3, 0.4) is 0 Å². The van der Waals surface area contributed by atoms with Crippen molar-refractivity contribution in [2.24, 2.45) is 0 Å². The quantitative estimate of drug-likeness (QED) is 0.414. The minimum absolute atomic E-state index is 0. The molecular formula is C28H28ClOP. The lowest BCUT2D eigenvalue weighted by atomic mass is 10.0. The van der Waals surface area contributed by atoms with E-state index in [4.69, 9.17) is 4.74 Å². The van der Waals surface area contributed by atoms with E-state index in [1.807, 2.05) is 0 Å². The SMILES string of the molecule is COc1ccc(C[P+](c2ccccc2)(c2ccccc2)c2ccccc2)c(C)c1C.[Cl-]. The summed E-state index contributed by atoms with van der Waals surface area (Å²) in [7, 11) is -0.140. The summed E-state index contributed by atoms with van der Waals surface area (Å²) in [6.07, 6.45) is 0.988. The van der Waals surface area contributed by atoms with Gasteiger partial charge in [0, 0.05) is 0 Å². The van der Waals surface area contributed by atoms with Gasteiger partial charge in [0.2, 0.25) is 0 Å². The largest absolute Gasteiger partial charge is 1.00 e. The summed E-state index contributed by atoms with van der Waals surface area (Å²) in [5.41, 5.74) is 3.93. The van der Waals surface area contributed by atoms with Gasteiger partial charge in [-0.3, -0.25) is 0 Å². The highest BCUT2D eigenvalue weighted by Gasteiger charge is 2.45. The third-order valence-corrected chi connectivity index (χ3v) is 10.4. The van der Waals surface area contributed by atoms with Gasteiger partial charge in [-0.2, -0.15) is 0 Å². The van der Waals surface area contributed by atoms with E-state index in [0.29, 0.717) is 0 Å². The third-order valence-electron chi connectivity index (χ3n) is 6.07. The van der Waals surface area contributed by atoms with Gasteiger partial charge in [0.05, 0.1) is 13.3 Å². The highest BCUT2D eigenvalue weighted by Crippen LogP contribution is 2.58. The Morgan fingerprint density at radius 3 is 1.39 bits per heavy atom. The molecule has 0 spiro atoms. The number of halogens is 1. The van der Waals surface area contributed by atoms with Crippen LogP contribution in [-0.4, -0.2) is 7.11 Å². The minimum atomic E-state index is -1.89. The van der Waals surface area contributed by atoms with Crippen LogP contribution in [-0.2, 0) is 6.16 Å². The average molecular weight is 447 g/mol. The molecule has 0 unspecified atom stereocenters. The van der Waals surface area contributed by atoms with Crippen LogP contribution in [0.1, 0.15) is 16.7 Å². The smallest absolute Gasteiger partial charge is 0.122 e. The molecule has 4 aromatic rings. The predicted molar refractivity (Wildman–Crippen MR) is 131 cm³/mol. The van der Waals surface area contributed by atoms with Gasteiger partial charge in [0.25, 0.3) is 0 Å². The van der Waals surface area contributed by atoms with E-state index in [-0.39, 0.29) is 12.4 Å². The molecule has 0 saturated heterocycles. The van der Waals surface area contributed by atoms with Crippen molar-refractivity contribution in [3.05, 3.63) is 120 Å². The second-order valence-corrected chi connectivity index (χ2v) is 11.1. The summed E-state index contributed by atoms with van der Waals surface area (Å²) in [5.74, 6) is 0.958. The molecule has 0 atom stereocenters. The highest BCUT2D eigenvalue weighted by molar-refractivity contribution is 7.95. The maximum absolute atomic E-state index is 5.57. The minimum Gasteiger partial charge on any atom is -1.00 e. The van der Waals surface area contributed by atoms with Crippen molar-refractivity contribution >= 4 is 23.2 Å². The Labute approximate surface area is 192 Å². The first kappa shape index (κ1) is 23.1. The summed E-state index contributed by atoms with van der Waals surface area (Å²) in [6.45, 7) is 4.38. The van der Waals surface area contributed by atoms with Crippen LogP contribution in [0, 0.1) is 13.8 Å². The average Bonchev–Trinajstić information content (AvgIpc) is 2.82. The predicted octanol–water partition coefficient (Wildman–Crippen LogP) is 2.81. The monoisotopic (exact) mass is 446 g/mol. The second kappa shape index (κ2) is 10.1. The molecule has 0 bridgehead atoms.